The van der Waals surface area contributed by atoms with Crippen molar-refractivity contribution in [3.8, 4) is 6.07 Å². The van der Waals surface area contributed by atoms with E-state index in [-0.39, 0.29) is 16.1 Å². The number of rotatable bonds is 3. The van der Waals surface area contributed by atoms with Crippen LogP contribution >= 0.6 is 47.8 Å². The van der Waals surface area contributed by atoms with Gasteiger partial charge in [0, 0.05) is 13.4 Å². The summed E-state index contributed by atoms with van der Waals surface area (Å²) < 4.78 is 29.1. The molecule has 2 rings (SSSR count). The van der Waals surface area contributed by atoms with Crippen LogP contribution in [0.1, 0.15) is 5.56 Å². The van der Waals surface area contributed by atoms with Crippen molar-refractivity contribution in [1.82, 2.24) is 0 Å². The highest BCUT2D eigenvalue weighted by Gasteiger charge is 2.19. The molecule has 1 N–H and O–H groups in total. The Kier molecular flexibility index (Phi) is 5.09. The minimum Gasteiger partial charge on any atom is -0.278 e. The van der Waals surface area contributed by atoms with E-state index in [4.69, 9.17) is 5.26 Å². The van der Waals surface area contributed by atoms with E-state index in [1.54, 1.807) is 24.3 Å². The van der Waals surface area contributed by atoms with E-state index in [0.717, 1.165) is 0 Å². The molecule has 4 nitrogen and oxygen atoms in total. The number of halogens is 3. The van der Waals surface area contributed by atoms with Gasteiger partial charge < -0.3 is 0 Å². The van der Waals surface area contributed by atoms with Gasteiger partial charge in [-0.1, -0.05) is 31.9 Å². The van der Waals surface area contributed by atoms with Crippen molar-refractivity contribution in [2.24, 2.45) is 0 Å². The minimum absolute atomic E-state index is 0.0867. The average molecular weight is 495 g/mol. The smallest absolute Gasteiger partial charge is 0.263 e. The van der Waals surface area contributed by atoms with E-state index >= 15 is 0 Å². The Morgan fingerprint density at radius 2 is 1.62 bits per heavy atom. The van der Waals surface area contributed by atoms with Crippen molar-refractivity contribution in [3.63, 3.8) is 0 Å². The molecule has 108 valence electrons. The van der Waals surface area contributed by atoms with Crippen LogP contribution < -0.4 is 4.72 Å². The van der Waals surface area contributed by atoms with Gasteiger partial charge in [0.25, 0.3) is 10.0 Å². The molecule has 0 fully saturated rings. The topological polar surface area (TPSA) is 70.0 Å². The lowest BCUT2D eigenvalue weighted by atomic mass is 10.2. The predicted octanol–water partition coefficient (Wildman–Crippen LogP) is 4.65. The number of anilines is 1. The van der Waals surface area contributed by atoms with Crippen molar-refractivity contribution in [2.75, 3.05) is 4.72 Å². The maximum Gasteiger partial charge on any atom is 0.263 e. The minimum atomic E-state index is -3.81. The van der Waals surface area contributed by atoms with Crippen LogP contribution in [-0.2, 0) is 10.0 Å². The number of nitrogens with zero attached hydrogens (tertiary/aromatic N) is 1. The quantitative estimate of drug-likeness (QED) is 0.675. The molecule has 0 spiro atoms. The van der Waals surface area contributed by atoms with E-state index in [0.29, 0.717) is 13.4 Å². The summed E-state index contributed by atoms with van der Waals surface area (Å²) in [4.78, 5) is 0.0867. The zero-order chi connectivity index (χ0) is 15.6. The second-order valence-corrected chi connectivity index (χ2v) is 8.32. The number of sulfonamides is 1. The molecular weight excluding hydrogens is 488 g/mol. The fourth-order valence-electron chi connectivity index (χ4n) is 1.58. The molecule has 0 aromatic heterocycles. The Labute approximate surface area is 147 Å². The summed E-state index contributed by atoms with van der Waals surface area (Å²) in [6, 6.07) is 11.5. The van der Waals surface area contributed by atoms with Gasteiger partial charge in [-0.25, -0.2) is 8.42 Å². The van der Waals surface area contributed by atoms with Crippen LogP contribution in [0.3, 0.4) is 0 Å². The zero-order valence-electron chi connectivity index (χ0n) is 10.3. The summed E-state index contributed by atoms with van der Waals surface area (Å²) in [5.41, 5.74) is 0.464. The van der Waals surface area contributed by atoms with Gasteiger partial charge in [-0.3, -0.25) is 4.72 Å². The van der Waals surface area contributed by atoms with Gasteiger partial charge in [0.15, 0.2) is 0 Å². The second-order valence-electron chi connectivity index (χ2n) is 3.98. The van der Waals surface area contributed by atoms with Crippen LogP contribution in [0.4, 0.5) is 5.69 Å². The largest absolute Gasteiger partial charge is 0.278 e. The summed E-state index contributed by atoms with van der Waals surface area (Å²) >= 11 is 9.70. The predicted molar refractivity (Wildman–Crippen MR) is 91.5 cm³/mol. The lowest BCUT2D eigenvalue weighted by molar-refractivity contribution is 0.600. The first kappa shape index (κ1) is 16.5. The zero-order valence-corrected chi connectivity index (χ0v) is 15.8. The van der Waals surface area contributed by atoms with Gasteiger partial charge in [-0.15, -0.1) is 0 Å². The third-order valence-electron chi connectivity index (χ3n) is 2.53. The Hall–Kier alpha value is -0.880. The number of nitriles is 1. The van der Waals surface area contributed by atoms with E-state index in [2.05, 4.69) is 52.5 Å². The van der Waals surface area contributed by atoms with Crippen molar-refractivity contribution in [3.05, 3.63) is 55.4 Å². The van der Waals surface area contributed by atoms with Gasteiger partial charge in [-0.2, -0.15) is 5.26 Å². The number of nitrogens with one attached hydrogen (secondary N) is 1. The fourth-order valence-corrected chi connectivity index (χ4v) is 4.52. The van der Waals surface area contributed by atoms with Gasteiger partial charge >= 0.3 is 0 Å². The first-order valence-corrected chi connectivity index (χ1v) is 9.37. The van der Waals surface area contributed by atoms with Gasteiger partial charge in [-0.05, 0) is 52.3 Å². The van der Waals surface area contributed by atoms with E-state index in [1.807, 2.05) is 6.07 Å². The van der Waals surface area contributed by atoms with Crippen LogP contribution in [0.15, 0.2) is 54.7 Å². The summed E-state index contributed by atoms with van der Waals surface area (Å²) in [6.45, 7) is 0. The van der Waals surface area contributed by atoms with E-state index in [9.17, 15) is 8.42 Å². The molecule has 2 aromatic carbocycles. The Morgan fingerprint density at radius 3 is 2.29 bits per heavy atom. The SMILES string of the molecule is N#Cc1cc(Br)ccc1NS(=O)(=O)c1cc(Br)ccc1Br. The molecule has 8 heteroatoms. The highest BCUT2D eigenvalue weighted by Crippen LogP contribution is 2.29. The molecule has 0 aliphatic heterocycles. The maximum atomic E-state index is 12.4. The Morgan fingerprint density at radius 1 is 1.00 bits per heavy atom. The van der Waals surface area contributed by atoms with Crippen LogP contribution in [0.5, 0.6) is 0 Å². The molecule has 0 unspecified atom stereocenters. The Balaban J connectivity index is 2.48. The third-order valence-corrected chi connectivity index (χ3v) is 5.88. The monoisotopic (exact) mass is 492 g/mol. The lowest BCUT2D eigenvalue weighted by Crippen LogP contribution is -2.14. The molecule has 0 saturated heterocycles. The molecule has 0 amide bonds. The molecule has 0 bridgehead atoms. The van der Waals surface area contributed by atoms with Crippen LogP contribution in [0, 0.1) is 11.3 Å². The summed E-state index contributed by atoms with van der Waals surface area (Å²) in [6.07, 6.45) is 0. The third kappa shape index (κ3) is 3.86. The van der Waals surface area contributed by atoms with Crippen molar-refractivity contribution >= 4 is 63.5 Å². The fraction of sp³-hybridized carbons (Fsp3) is 0. The number of hydrogen-bond acceptors (Lipinski definition) is 3. The van der Waals surface area contributed by atoms with Crippen molar-refractivity contribution in [2.45, 2.75) is 4.90 Å². The van der Waals surface area contributed by atoms with Crippen LogP contribution in [-0.4, -0.2) is 8.42 Å². The standard InChI is InChI=1S/C13H7Br3N2O2S/c14-9-2-4-12(8(5-9)7-17)18-21(19,20)13-6-10(15)1-3-11(13)16/h1-6,18H. The van der Waals surface area contributed by atoms with Crippen molar-refractivity contribution in [1.29, 1.82) is 5.26 Å². The average Bonchev–Trinajstić information content (AvgIpc) is 2.43. The molecule has 21 heavy (non-hydrogen) atoms. The molecule has 2 aromatic rings. The summed E-state index contributed by atoms with van der Waals surface area (Å²) in [7, 11) is -3.81. The normalized spacial score (nSPS) is 11.0. The van der Waals surface area contributed by atoms with Gasteiger partial charge in [0.05, 0.1) is 11.3 Å². The summed E-state index contributed by atoms with van der Waals surface area (Å²) in [5, 5.41) is 9.09. The van der Waals surface area contributed by atoms with Crippen molar-refractivity contribution < 1.29 is 8.42 Å². The highest BCUT2D eigenvalue weighted by molar-refractivity contribution is 9.11. The van der Waals surface area contributed by atoms with Gasteiger partial charge in [0.1, 0.15) is 11.0 Å². The highest BCUT2D eigenvalue weighted by atomic mass is 79.9. The number of hydrogen-bond donors (Lipinski definition) is 1. The van der Waals surface area contributed by atoms with Crippen LogP contribution in [0.25, 0.3) is 0 Å². The van der Waals surface area contributed by atoms with E-state index in [1.165, 1.54) is 12.1 Å². The van der Waals surface area contributed by atoms with Crippen LogP contribution in [0.2, 0.25) is 0 Å². The molecule has 0 atom stereocenters. The molecule has 0 aliphatic rings. The van der Waals surface area contributed by atoms with Gasteiger partial charge in [0.2, 0.25) is 0 Å². The summed E-state index contributed by atoms with van der Waals surface area (Å²) in [5.74, 6) is 0. The first-order valence-electron chi connectivity index (χ1n) is 5.51. The second kappa shape index (κ2) is 6.48. The molecular formula is C13H7Br3N2O2S. The molecule has 0 heterocycles. The molecule has 0 saturated carbocycles. The Bertz CT molecular complexity index is 845. The maximum absolute atomic E-state index is 12.4. The molecule has 0 aliphatic carbocycles. The molecule has 0 radical (unpaired) electrons. The van der Waals surface area contributed by atoms with E-state index < -0.39 is 10.0 Å². The lowest BCUT2D eigenvalue weighted by Gasteiger charge is -2.11. The first-order chi connectivity index (χ1) is 9.83. The number of benzene rings is 2.